The molecule has 1 atom stereocenters. The van der Waals surface area contributed by atoms with Gasteiger partial charge in [0.05, 0.1) is 19.3 Å². The molecule has 1 aliphatic rings. The van der Waals surface area contributed by atoms with Crippen LogP contribution in [-0.4, -0.2) is 35.1 Å². The van der Waals surface area contributed by atoms with Crippen LogP contribution >= 0.6 is 0 Å². The summed E-state index contributed by atoms with van der Waals surface area (Å²) >= 11 is 0. The van der Waals surface area contributed by atoms with E-state index in [2.05, 4.69) is 15.3 Å². The van der Waals surface area contributed by atoms with Gasteiger partial charge in [0.2, 0.25) is 0 Å². The van der Waals surface area contributed by atoms with Crippen LogP contribution < -0.4 is 4.74 Å². The van der Waals surface area contributed by atoms with Crippen molar-refractivity contribution in [2.75, 3.05) is 0 Å². The SMILES string of the molecule is C[C@]1(Cn2cc(-c3ccc(F)cc3F)nn2)Cn2cc([N+](=O)[O-])nc2O1. The summed E-state index contributed by atoms with van der Waals surface area (Å²) in [5.74, 6) is -1.68. The topological polar surface area (TPSA) is 101 Å². The van der Waals surface area contributed by atoms with Gasteiger partial charge in [-0.1, -0.05) is 5.21 Å². The quantitative estimate of drug-likeness (QED) is 0.521. The number of fused-ring (bicyclic) bond motifs is 1. The van der Waals surface area contributed by atoms with Gasteiger partial charge in [0, 0.05) is 16.6 Å². The molecule has 1 aromatic carbocycles. The highest BCUT2D eigenvalue weighted by molar-refractivity contribution is 5.58. The van der Waals surface area contributed by atoms with Gasteiger partial charge in [-0.3, -0.25) is 4.57 Å². The van der Waals surface area contributed by atoms with Crippen LogP contribution in [0.5, 0.6) is 6.01 Å². The molecule has 0 N–H and O–H groups in total. The molecule has 2 aromatic heterocycles. The first kappa shape index (κ1) is 16.1. The van der Waals surface area contributed by atoms with Gasteiger partial charge in [-0.15, -0.1) is 5.10 Å². The van der Waals surface area contributed by atoms with E-state index in [4.69, 9.17) is 4.74 Å². The van der Waals surface area contributed by atoms with E-state index in [1.54, 1.807) is 11.5 Å². The molecule has 0 amide bonds. The molecule has 0 aliphatic carbocycles. The van der Waals surface area contributed by atoms with Crippen LogP contribution in [0.2, 0.25) is 0 Å². The van der Waals surface area contributed by atoms with Crippen LogP contribution in [0.4, 0.5) is 14.6 Å². The lowest BCUT2D eigenvalue weighted by atomic mass is 10.1. The number of hydrogen-bond acceptors (Lipinski definition) is 6. The molecular formula is C15H12F2N6O3. The van der Waals surface area contributed by atoms with E-state index < -0.39 is 22.2 Å². The Morgan fingerprint density at radius 3 is 2.88 bits per heavy atom. The van der Waals surface area contributed by atoms with Crippen LogP contribution in [-0.2, 0) is 13.1 Å². The van der Waals surface area contributed by atoms with Crippen molar-refractivity contribution >= 4 is 5.82 Å². The van der Waals surface area contributed by atoms with Gasteiger partial charge in [-0.25, -0.2) is 13.5 Å². The third-order valence-corrected chi connectivity index (χ3v) is 4.00. The molecule has 0 saturated carbocycles. The molecule has 3 heterocycles. The number of benzene rings is 1. The van der Waals surface area contributed by atoms with Crippen molar-refractivity contribution < 1.29 is 18.4 Å². The molecular weight excluding hydrogens is 350 g/mol. The van der Waals surface area contributed by atoms with Gasteiger partial charge in [0.1, 0.15) is 29.1 Å². The van der Waals surface area contributed by atoms with Crippen molar-refractivity contribution in [1.82, 2.24) is 24.5 Å². The average Bonchev–Trinajstić information content (AvgIpc) is 3.21. The first-order valence-electron chi connectivity index (χ1n) is 7.59. The molecule has 4 rings (SSSR count). The minimum atomic E-state index is -0.746. The number of nitro groups is 1. The molecule has 3 aromatic rings. The van der Waals surface area contributed by atoms with Crippen LogP contribution in [0, 0.1) is 21.7 Å². The number of imidazole rings is 1. The zero-order valence-corrected chi connectivity index (χ0v) is 13.5. The highest BCUT2D eigenvalue weighted by Gasteiger charge is 2.41. The summed E-state index contributed by atoms with van der Waals surface area (Å²) in [6, 6.07) is 3.37. The summed E-state index contributed by atoms with van der Waals surface area (Å²) in [6.45, 7) is 2.40. The van der Waals surface area contributed by atoms with Crippen LogP contribution in [0.3, 0.4) is 0 Å². The predicted molar refractivity (Wildman–Crippen MR) is 83.3 cm³/mol. The molecule has 26 heavy (non-hydrogen) atoms. The van der Waals surface area contributed by atoms with Gasteiger partial charge in [-0.05, 0) is 24.0 Å². The van der Waals surface area contributed by atoms with E-state index in [9.17, 15) is 18.9 Å². The van der Waals surface area contributed by atoms with Crippen LogP contribution in [0.25, 0.3) is 11.3 Å². The van der Waals surface area contributed by atoms with Gasteiger partial charge in [-0.2, -0.15) is 0 Å². The number of rotatable bonds is 4. The zero-order valence-electron chi connectivity index (χ0n) is 13.5. The fourth-order valence-electron chi connectivity index (χ4n) is 2.90. The standard InChI is InChI=1S/C15H12F2N6O3/c1-15(7-21-6-13(23(24)25)18-14(21)26-15)8-22-5-12(19-20-22)10-3-2-9(16)4-11(10)17/h2-6H,7-8H2,1H3/t15-/m1/s1. The lowest BCUT2D eigenvalue weighted by Crippen LogP contribution is -2.36. The molecule has 0 radical (unpaired) electrons. The summed E-state index contributed by atoms with van der Waals surface area (Å²) in [4.78, 5) is 14.0. The Balaban J connectivity index is 1.52. The Labute approximate surface area is 145 Å². The van der Waals surface area contributed by atoms with E-state index in [1.165, 1.54) is 23.1 Å². The Morgan fingerprint density at radius 2 is 2.19 bits per heavy atom. The van der Waals surface area contributed by atoms with Gasteiger partial charge >= 0.3 is 11.8 Å². The first-order chi connectivity index (χ1) is 12.3. The minimum Gasteiger partial charge on any atom is -0.436 e. The predicted octanol–water partition coefficient (Wildman–Crippen LogP) is 2.18. The molecule has 0 saturated heterocycles. The second kappa shape index (κ2) is 5.58. The number of ether oxygens (including phenoxy) is 1. The van der Waals surface area contributed by atoms with E-state index in [0.29, 0.717) is 6.54 Å². The summed E-state index contributed by atoms with van der Waals surface area (Å²) in [6.07, 6.45) is 2.83. The second-order valence-corrected chi connectivity index (χ2v) is 6.24. The Kier molecular flexibility index (Phi) is 3.46. The maximum atomic E-state index is 13.9. The number of hydrogen-bond donors (Lipinski definition) is 0. The van der Waals surface area contributed by atoms with E-state index in [-0.39, 0.29) is 29.6 Å². The zero-order chi connectivity index (χ0) is 18.5. The normalized spacial score (nSPS) is 18.6. The van der Waals surface area contributed by atoms with Crippen molar-refractivity contribution in [2.24, 2.45) is 0 Å². The Morgan fingerprint density at radius 1 is 1.38 bits per heavy atom. The number of aromatic nitrogens is 5. The maximum absolute atomic E-state index is 13.9. The molecule has 11 heteroatoms. The molecule has 0 bridgehead atoms. The second-order valence-electron chi connectivity index (χ2n) is 6.24. The van der Waals surface area contributed by atoms with Gasteiger partial charge in [0.15, 0.2) is 0 Å². The maximum Gasteiger partial charge on any atom is 0.415 e. The lowest BCUT2D eigenvalue weighted by Gasteiger charge is -2.21. The van der Waals surface area contributed by atoms with Gasteiger partial charge < -0.3 is 14.9 Å². The smallest absolute Gasteiger partial charge is 0.415 e. The highest BCUT2D eigenvalue weighted by atomic mass is 19.1. The summed E-state index contributed by atoms with van der Waals surface area (Å²) in [5.41, 5.74) is -0.347. The van der Waals surface area contributed by atoms with Crippen molar-refractivity contribution in [1.29, 1.82) is 0 Å². The van der Waals surface area contributed by atoms with Crippen LogP contribution in [0.15, 0.2) is 30.6 Å². The first-order valence-corrected chi connectivity index (χ1v) is 7.59. The van der Waals surface area contributed by atoms with Crippen molar-refractivity contribution in [2.45, 2.75) is 25.6 Å². The molecule has 1 aliphatic heterocycles. The lowest BCUT2D eigenvalue weighted by molar-refractivity contribution is -0.389. The third-order valence-electron chi connectivity index (χ3n) is 4.00. The van der Waals surface area contributed by atoms with E-state index >= 15 is 0 Å². The van der Waals surface area contributed by atoms with E-state index in [1.807, 2.05) is 0 Å². The highest BCUT2D eigenvalue weighted by Crippen LogP contribution is 2.32. The Bertz CT molecular complexity index is 991. The largest absolute Gasteiger partial charge is 0.436 e. The molecule has 9 nitrogen and oxygen atoms in total. The molecule has 0 unspecified atom stereocenters. The fraction of sp³-hybridized carbons (Fsp3) is 0.267. The number of halogens is 2. The fourth-order valence-corrected chi connectivity index (χ4v) is 2.90. The molecule has 134 valence electrons. The minimum absolute atomic E-state index is 0.138. The monoisotopic (exact) mass is 362 g/mol. The van der Waals surface area contributed by atoms with Crippen molar-refractivity contribution in [3.63, 3.8) is 0 Å². The summed E-state index contributed by atoms with van der Waals surface area (Å²) < 4.78 is 35.6. The summed E-state index contributed by atoms with van der Waals surface area (Å²) in [5, 5.41) is 18.6. The van der Waals surface area contributed by atoms with E-state index in [0.717, 1.165) is 12.1 Å². The summed E-state index contributed by atoms with van der Waals surface area (Å²) in [7, 11) is 0. The van der Waals surface area contributed by atoms with Crippen molar-refractivity contribution in [3.8, 4) is 17.3 Å². The van der Waals surface area contributed by atoms with Crippen molar-refractivity contribution in [3.05, 3.63) is 52.3 Å². The number of nitrogens with zero attached hydrogens (tertiary/aromatic N) is 6. The average molecular weight is 362 g/mol. The van der Waals surface area contributed by atoms with Gasteiger partial charge in [0.25, 0.3) is 0 Å². The molecule has 0 fully saturated rings. The molecule has 0 spiro atoms. The Hall–Kier alpha value is -3.37. The third kappa shape index (κ3) is 2.76. The van der Waals surface area contributed by atoms with Crippen LogP contribution in [0.1, 0.15) is 6.92 Å².